The summed E-state index contributed by atoms with van der Waals surface area (Å²) >= 11 is 0. The normalized spacial score (nSPS) is 14.0. The number of nitrogens with zero attached hydrogens (tertiary/aromatic N) is 4. The van der Waals surface area contributed by atoms with Crippen LogP contribution in [-0.2, 0) is 19.5 Å². The van der Waals surface area contributed by atoms with E-state index < -0.39 is 0 Å². The van der Waals surface area contributed by atoms with E-state index in [1.807, 2.05) is 49.5 Å². The topological polar surface area (TPSA) is 55.1 Å². The first-order chi connectivity index (χ1) is 14.3. The molecule has 5 nitrogen and oxygen atoms in total. The van der Waals surface area contributed by atoms with Crippen molar-refractivity contribution < 1.29 is 4.52 Å². The van der Waals surface area contributed by atoms with Crippen LogP contribution >= 0.6 is 0 Å². The van der Waals surface area contributed by atoms with Crippen molar-refractivity contribution >= 4 is 0 Å². The number of aryl methyl sites for hydroxylation is 1. The van der Waals surface area contributed by atoms with Gasteiger partial charge in [-0.3, -0.25) is 4.90 Å². The third-order valence-corrected chi connectivity index (χ3v) is 5.45. The Kier molecular flexibility index (Phi) is 4.66. The van der Waals surface area contributed by atoms with Crippen molar-refractivity contribution in [2.75, 3.05) is 6.54 Å². The molecular weight excluding hydrogens is 360 g/mol. The summed E-state index contributed by atoms with van der Waals surface area (Å²) in [4.78, 5) is 11.9. The van der Waals surface area contributed by atoms with Gasteiger partial charge in [0, 0.05) is 54.5 Å². The third-order valence-electron chi connectivity index (χ3n) is 5.45. The fourth-order valence-electron chi connectivity index (χ4n) is 3.85. The van der Waals surface area contributed by atoms with Gasteiger partial charge in [-0.1, -0.05) is 65.8 Å². The first-order valence-electron chi connectivity index (χ1n) is 9.91. The molecular formula is C24H22N4O. The van der Waals surface area contributed by atoms with Crippen LogP contribution in [0.1, 0.15) is 22.5 Å². The quantitative estimate of drug-likeness (QED) is 0.514. The third kappa shape index (κ3) is 3.57. The first-order valence-corrected chi connectivity index (χ1v) is 9.91. The molecule has 0 saturated carbocycles. The molecule has 3 heterocycles. The van der Waals surface area contributed by atoms with Gasteiger partial charge in [-0.2, -0.15) is 0 Å². The number of fused-ring (bicyclic) bond motifs is 1. The summed E-state index contributed by atoms with van der Waals surface area (Å²) in [5, 5.41) is 4.22. The fourth-order valence-corrected chi connectivity index (χ4v) is 3.85. The molecule has 0 bridgehead atoms. The maximum atomic E-state index is 5.66. The standard InChI is InChI=1S/C24H22N4O/c1-17-21(23(29-27-17)18-8-4-2-5-9-18)16-28-13-12-22-20(15-28)14-25-24(26-22)19-10-6-3-7-11-19/h2-11,14H,12-13,15-16H2,1H3. The molecule has 29 heavy (non-hydrogen) atoms. The highest BCUT2D eigenvalue weighted by molar-refractivity contribution is 5.61. The van der Waals surface area contributed by atoms with Gasteiger partial charge in [0.05, 0.1) is 11.4 Å². The maximum absolute atomic E-state index is 5.66. The Bertz CT molecular complexity index is 1120. The average molecular weight is 382 g/mol. The van der Waals surface area contributed by atoms with Crippen molar-refractivity contribution in [2.45, 2.75) is 26.4 Å². The summed E-state index contributed by atoms with van der Waals surface area (Å²) in [5.74, 6) is 1.67. The highest BCUT2D eigenvalue weighted by Gasteiger charge is 2.23. The van der Waals surface area contributed by atoms with Crippen LogP contribution in [0, 0.1) is 6.92 Å². The molecule has 2 aromatic heterocycles. The monoisotopic (exact) mass is 382 g/mol. The van der Waals surface area contributed by atoms with E-state index in [9.17, 15) is 0 Å². The summed E-state index contributed by atoms with van der Waals surface area (Å²) in [5.41, 5.74) is 6.58. The maximum Gasteiger partial charge on any atom is 0.171 e. The van der Waals surface area contributed by atoms with Gasteiger partial charge in [-0.15, -0.1) is 0 Å². The Labute approximate surface area is 170 Å². The van der Waals surface area contributed by atoms with Gasteiger partial charge < -0.3 is 4.52 Å². The number of rotatable bonds is 4. The van der Waals surface area contributed by atoms with Crippen molar-refractivity contribution in [3.05, 3.63) is 89.4 Å². The lowest BCUT2D eigenvalue weighted by molar-refractivity contribution is 0.242. The highest BCUT2D eigenvalue weighted by Crippen LogP contribution is 2.29. The lowest BCUT2D eigenvalue weighted by atomic mass is 10.0. The number of hydrogen-bond acceptors (Lipinski definition) is 5. The molecule has 1 aliphatic heterocycles. The Morgan fingerprint density at radius 1 is 0.966 bits per heavy atom. The second-order valence-corrected chi connectivity index (χ2v) is 7.43. The molecule has 144 valence electrons. The average Bonchev–Trinajstić information content (AvgIpc) is 3.14. The smallest absolute Gasteiger partial charge is 0.171 e. The van der Waals surface area contributed by atoms with Gasteiger partial charge in [0.15, 0.2) is 11.6 Å². The van der Waals surface area contributed by atoms with Crippen LogP contribution in [0.3, 0.4) is 0 Å². The molecule has 0 N–H and O–H groups in total. The van der Waals surface area contributed by atoms with Crippen LogP contribution in [-0.4, -0.2) is 26.6 Å². The number of hydrogen-bond donors (Lipinski definition) is 0. The molecule has 0 radical (unpaired) electrons. The molecule has 1 aliphatic rings. The minimum Gasteiger partial charge on any atom is -0.356 e. The van der Waals surface area contributed by atoms with E-state index in [2.05, 4.69) is 39.3 Å². The van der Waals surface area contributed by atoms with E-state index in [1.54, 1.807) is 0 Å². The highest BCUT2D eigenvalue weighted by atomic mass is 16.5. The lowest BCUT2D eigenvalue weighted by Gasteiger charge is -2.28. The summed E-state index contributed by atoms with van der Waals surface area (Å²) in [6.07, 6.45) is 2.90. The summed E-state index contributed by atoms with van der Waals surface area (Å²) in [6, 6.07) is 20.3. The van der Waals surface area contributed by atoms with Crippen molar-refractivity contribution in [3.8, 4) is 22.7 Å². The SMILES string of the molecule is Cc1noc(-c2ccccc2)c1CN1CCc2nc(-c3ccccc3)ncc2C1. The van der Waals surface area contributed by atoms with E-state index in [4.69, 9.17) is 9.51 Å². The Morgan fingerprint density at radius 3 is 2.45 bits per heavy atom. The van der Waals surface area contributed by atoms with Gasteiger partial charge >= 0.3 is 0 Å². The van der Waals surface area contributed by atoms with Crippen molar-refractivity contribution in [1.82, 2.24) is 20.0 Å². The second-order valence-electron chi connectivity index (χ2n) is 7.43. The molecule has 0 saturated heterocycles. The zero-order chi connectivity index (χ0) is 19.6. The van der Waals surface area contributed by atoms with Crippen molar-refractivity contribution in [2.24, 2.45) is 0 Å². The molecule has 0 spiro atoms. The minimum atomic E-state index is 0.805. The van der Waals surface area contributed by atoms with Crippen LogP contribution in [0.15, 0.2) is 71.4 Å². The molecule has 5 rings (SSSR count). The van der Waals surface area contributed by atoms with Gasteiger partial charge in [0.2, 0.25) is 0 Å². The molecule has 0 atom stereocenters. The van der Waals surface area contributed by atoms with Crippen LogP contribution < -0.4 is 0 Å². The van der Waals surface area contributed by atoms with E-state index in [0.29, 0.717) is 0 Å². The van der Waals surface area contributed by atoms with Crippen LogP contribution in [0.5, 0.6) is 0 Å². The van der Waals surface area contributed by atoms with Crippen LogP contribution in [0.25, 0.3) is 22.7 Å². The second kappa shape index (κ2) is 7.60. The molecule has 0 unspecified atom stereocenters. The fraction of sp³-hybridized carbons (Fsp3) is 0.208. The van der Waals surface area contributed by atoms with Crippen molar-refractivity contribution in [1.29, 1.82) is 0 Å². The van der Waals surface area contributed by atoms with Gasteiger partial charge in [-0.05, 0) is 6.92 Å². The first kappa shape index (κ1) is 17.8. The zero-order valence-corrected chi connectivity index (χ0v) is 16.4. The molecule has 2 aromatic carbocycles. The predicted octanol–water partition coefficient (Wildman–Crippen LogP) is 4.67. The van der Waals surface area contributed by atoms with E-state index in [-0.39, 0.29) is 0 Å². The largest absolute Gasteiger partial charge is 0.356 e. The number of aromatic nitrogens is 3. The van der Waals surface area contributed by atoms with Gasteiger partial charge in [0.25, 0.3) is 0 Å². The molecule has 0 fully saturated rings. The lowest BCUT2D eigenvalue weighted by Crippen LogP contribution is -2.31. The predicted molar refractivity (Wildman–Crippen MR) is 112 cm³/mol. The molecule has 0 aliphatic carbocycles. The number of benzene rings is 2. The van der Waals surface area contributed by atoms with Crippen LogP contribution in [0.4, 0.5) is 0 Å². The van der Waals surface area contributed by atoms with E-state index >= 15 is 0 Å². The molecule has 5 heteroatoms. The van der Waals surface area contributed by atoms with Gasteiger partial charge in [-0.25, -0.2) is 9.97 Å². The summed E-state index contributed by atoms with van der Waals surface area (Å²) in [7, 11) is 0. The molecule has 0 amide bonds. The van der Waals surface area contributed by atoms with E-state index in [1.165, 1.54) is 5.56 Å². The minimum absolute atomic E-state index is 0.805. The van der Waals surface area contributed by atoms with Gasteiger partial charge in [0.1, 0.15) is 0 Å². The summed E-state index contributed by atoms with van der Waals surface area (Å²) < 4.78 is 5.66. The molecule has 4 aromatic rings. The Hall–Kier alpha value is -3.31. The van der Waals surface area contributed by atoms with E-state index in [0.717, 1.165) is 65.7 Å². The summed E-state index contributed by atoms with van der Waals surface area (Å²) in [6.45, 7) is 4.61. The van der Waals surface area contributed by atoms with Crippen molar-refractivity contribution in [3.63, 3.8) is 0 Å². The Morgan fingerprint density at radius 2 is 1.69 bits per heavy atom. The zero-order valence-electron chi connectivity index (χ0n) is 16.4. The Balaban J connectivity index is 1.37. The van der Waals surface area contributed by atoms with Crippen LogP contribution in [0.2, 0.25) is 0 Å².